The Bertz CT molecular complexity index is 627. The fourth-order valence-electron chi connectivity index (χ4n) is 4.11. The molecule has 0 radical (unpaired) electrons. The predicted molar refractivity (Wildman–Crippen MR) is 138 cm³/mol. The molecule has 0 spiro atoms. The van der Waals surface area contributed by atoms with Gasteiger partial charge in [0, 0.05) is 45.8 Å². The van der Waals surface area contributed by atoms with Crippen molar-refractivity contribution < 1.29 is 9.47 Å². The molecule has 2 aliphatic heterocycles. The van der Waals surface area contributed by atoms with Gasteiger partial charge in [0.1, 0.15) is 0 Å². The number of aliphatic imine (C=N–C) groups is 1. The minimum Gasteiger partial charge on any atom is -0.381 e. The van der Waals surface area contributed by atoms with Crippen LogP contribution in [0.15, 0.2) is 29.3 Å². The van der Waals surface area contributed by atoms with Gasteiger partial charge in [0.25, 0.3) is 0 Å². The monoisotopic (exact) mass is 544 g/mol. The third kappa shape index (κ3) is 10.1. The molecule has 1 aromatic rings. The summed E-state index contributed by atoms with van der Waals surface area (Å²) in [6.45, 7) is 10.8. The number of aryl methyl sites for hydroxylation is 1. The smallest absolute Gasteiger partial charge is 0.190 e. The lowest BCUT2D eigenvalue weighted by Crippen LogP contribution is -2.43. The number of guanidine groups is 1. The Morgan fingerprint density at radius 2 is 1.90 bits per heavy atom. The van der Waals surface area contributed by atoms with Crippen LogP contribution in [0.3, 0.4) is 0 Å². The van der Waals surface area contributed by atoms with Crippen molar-refractivity contribution in [2.75, 3.05) is 59.7 Å². The molecule has 2 aliphatic rings. The summed E-state index contributed by atoms with van der Waals surface area (Å²) in [7, 11) is 1.84. The van der Waals surface area contributed by atoms with E-state index in [1.165, 1.54) is 37.1 Å². The Labute approximate surface area is 205 Å². The van der Waals surface area contributed by atoms with Crippen LogP contribution in [0, 0.1) is 18.8 Å². The van der Waals surface area contributed by atoms with Gasteiger partial charge < -0.3 is 20.1 Å². The van der Waals surface area contributed by atoms with Crippen molar-refractivity contribution in [2.45, 2.75) is 39.2 Å². The molecule has 3 rings (SSSR count). The van der Waals surface area contributed by atoms with Crippen LogP contribution in [0.25, 0.3) is 0 Å². The zero-order valence-electron chi connectivity index (χ0n) is 19.3. The Balaban J connectivity index is 0.00000341. The van der Waals surface area contributed by atoms with Crippen molar-refractivity contribution in [1.82, 2.24) is 15.5 Å². The second kappa shape index (κ2) is 15.0. The number of piperidine rings is 1. The van der Waals surface area contributed by atoms with Gasteiger partial charge in [-0.1, -0.05) is 29.8 Å². The topological polar surface area (TPSA) is 58.1 Å². The number of hydrogen-bond donors (Lipinski definition) is 2. The van der Waals surface area contributed by atoms with E-state index < -0.39 is 0 Å². The maximum atomic E-state index is 5.76. The minimum absolute atomic E-state index is 0. The summed E-state index contributed by atoms with van der Waals surface area (Å²) in [4.78, 5) is 6.93. The van der Waals surface area contributed by atoms with E-state index in [9.17, 15) is 0 Å². The maximum Gasteiger partial charge on any atom is 0.190 e. The Hall–Kier alpha value is -0.900. The first kappa shape index (κ1) is 26.4. The maximum absolute atomic E-state index is 5.76. The van der Waals surface area contributed by atoms with Gasteiger partial charge in [-0.3, -0.25) is 9.89 Å². The van der Waals surface area contributed by atoms with Crippen molar-refractivity contribution in [3.05, 3.63) is 35.4 Å². The van der Waals surface area contributed by atoms with Crippen molar-refractivity contribution in [1.29, 1.82) is 0 Å². The molecule has 0 amide bonds. The molecule has 0 saturated carbocycles. The standard InChI is InChI=1S/C24H40N4O2.HI/c1-20-4-6-22(7-5-20)17-28-12-8-21(9-13-28)16-27-24(25-2)26-11-3-14-29-18-23-10-15-30-19-23;/h4-7,21,23H,3,8-19H2,1-2H3,(H2,25,26,27);1H. The Morgan fingerprint density at radius 1 is 1.13 bits per heavy atom. The van der Waals surface area contributed by atoms with Crippen LogP contribution in [0.4, 0.5) is 0 Å². The number of nitrogens with zero attached hydrogens (tertiary/aromatic N) is 2. The van der Waals surface area contributed by atoms with Crippen LogP contribution in [-0.2, 0) is 16.0 Å². The zero-order chi connectivity index (χ0) is 21.0. The third-order valence-corrected chi connectivity index (χ3v) is 6.15. The number of ether oxygens (including phenoxy) is 2. The van der Waals surface area contributed by atoms with E-state index in [4.69, 9.17) is 9.47 Å². The summed E-state index contributed by atoms with van der Waals surface area (Å²) in [6, 6.07) is 8.93. The van der Waals surface area contributed by atoms with E-state index in [1.807, 2.05) is 7.05 Å². The van der Waals surface area contributed by atoms with Gasteiger partial charge in [-0.25, -0.2) is 0 Å². The van der Waals surface area contributed by atoms with Gasteiger partial charge in [-0.05, 0) is 57.2 Å². The molecule has 2 saturated heterocycles. The van der Waals surface area contributed by atoms with Gasteiger partial charge >= 0.3 is 0 Å². The van der Waals surface area contributed by atoms with Gasteiger partial charge in [-0.15, -0.1) is 24.0 Å². The average molecular weight is 545 g/mol. The van der Waals surface area contributed by atoms with Crippen LogP contribution in [0.5, 0.6) is 0 Å². The second-order valence-corrected chi connectivity index (χ2v) is 8.74. The first-order valence-corrected chi connectivity index (χ1v) is 11.6. The number of halogens is 1. The lowest BCUT2D eigenvalue weighted by Gasteiger charge is -2.32. The SMILES string of the molecule is CN=C(NCCCOCC1CCOC1)NCC1CCN(Cc2ccc(C)cc2)CC1.I. The highest BCUT2D eigenvalue weighted by Crippen LogP contribution is 2.18. The Kier molecular flexibility index (Phi) is 12.8. The lowest BCUT2D eigenvalue weighted by molar-refractivity contribution is 0.0888. The van der Waals surface area contributed by atoms with Crippen LogP contribution in [0.2, 0.25) is 0 Å². The summed E-state index contributed by atoms with van der Waals surface area (Å²) in [5.41, 5.74) is 2.75. The molecule has 2 heterocycles. The molecule has 1 atom stereocenters. The second-order valence-electron chi connectivity index (χ2n) is 8.74. The van der Waals surface area contributed by atoms with Crippen LogP contribution in [-0.4, -0.2) is 70.5 Å². The van der Waals surface area contributed by atoms with E-state index in [0.717, 1.165) is 70.8 Å². The normalized spacial score (nSPS) is 20.5. The highest BCUT2D eigenvalue weighted by Gasteiger charge is 2.19. The van der Waals surface area contributed by atoms with Gasteiger partial charge in [0.15, 0.2) is 5.96 Å². The third-order valence-electron chi connectivity index (χ3n) is 6.15. The minimum atomic E-state index is 0. The molecule has 31 heavy (non-hydrogen) atoms. The highest BCUT2D eigenvalue weighted by atomic mass is 127. The molecule has 0 bridgehead atoms. The summed E-state index contributed by atoms with van der Waals surface area (Å²) >= 11 is 0. The predicted octanol–water partition coefficient (Wildman–Crippen LogP) is 3.43. The zero-order valence-corrected chi connectivity index (χ0v) is 21.6. The first-order chi connectivity index (χ1) is 14.7. The van der Waals surface area contributed by atoms with Crippen molar-refractivity contribution in [2.24, 2.45) is 16.8 Å². The number of benzene rings is 1. The fraction of sp³-hybridized carbons (Fsp3) is 0.708. The number of hydrogen-bond acceptors (Lipinski definition) is 4. The van der Waals surface area contributed by atoms with E-state index in [2.05, 4.69) is 51.7 Å². The molecule has 0 aromatic heterocycles. The Morgan fingerprint density at radius 3 is 2.58 bits per heavy atom. The average Bonchev–Trinajstić information content (AvgIpc) is 3.29. The lowest BCUT2D eigenvalue weighted by atomic mass is 9.96. The molecule has 2 N–H and O–H groups in total. The molecule has 2 fully saturated rings. The summed E-state index contributed by atoms with van der Waals surface area (Å²) < 4.78 is 11.1. The largest absolute Gasteiger partial charge is 0.381 e. The number of rotatable bonds is 10. The molecule has 1 unspecified atom stereocenters. The molecule has 6 nitrogen and oxygen atoms in total. The van der Waals surface area contributed by atoms with Crippen molar-refractivity contribution in [3.63, 3.8) is 0 Å². The number of nitrogens with one attached hydrogen (secondary N) is 2. The van der Waals surface area contributed by atoms with Gasteiger partial charge in [0.2, 0.25) is 0 Å². The van der Waals surface area contributed by atoms with E-state index in [-0.39, 0.29) is 24.0 Å². The molecule has 7 heteroatoms. The van der Waals surface area contributed by atoms with Crippen LogP contribution in [0.1, 0.15) is 36.8 Å². The highest BCUT2D eigenvalue weighted by molar-refractivity contribution is 14.0. The molecular formula is C24H41IN4O2. The molecular weight excluding hydrogens is 503 g/mol. The van der Waals surface area contributed by atoms with Gasteiger partial charge in [0.05, 0.1) is 13.2 Å². The summed E-state index contributed by atoms with van der Waals surface area (Å²) in [6.07, 6.45) is 4.62. The summed E-state index contributed by atoms with van der Waals surface area (Å²) in [5.74, 6) is 2.21. The summed E-state index contributed by atoms with van der Waals surface area (Å²) in [5, 5.41) is 6.92. The van der Waals surface area contributed by atoms with E-state index >= 15 is 0 Å². The van der Waals surface area contributed by atoms with Crippen molar-refractivity contribution in [3.8, 4) is 0 Å². The van der Waals surface area contributed by atoms with Crippen LogP contribution < -0.4 is 10.6 Å². The fourth-order valence-corrected chi connectivity index (χ4v) is 4.11. The quantitative estimate of drug-likeness (QED) is 0.205. The molecule has 1 aromatic carbocycles. The van der Waals surface area contributed by atoms with E-state index in [1.54, 1.807) is 0 Å². The molecule has 176 valence electrons. The van der Waals surface area contributed by atoms with Crippen LogP contribution >= 0.6 is 24.0 Å². The first-order valence-electron chi connectivity index (χ1n) is 11.6. The number of likely N-dealkylation sites (tertiary alicyclic amines) is 1. The van der Waals surface area contributed by atoms with Crippen molar-refractivity contribution >= 4 is 29.9 Å². The molecule has 0 aliphatic carbocycles. The van der Waals surface area contributed by atoms with Gasteiger partial charge in [-0.2, -0.15) is 0 Å². The van der Waals surface area contributed by atoms with E-state index in [0.29, 0.717) is 5.92 Å².